The molecule has 2 aromatic rings. The zero-order valence-electron chi connectivity index (χ0n) is 14.5. The molecule has 0 aliphatic carbocycles. The largest absolute Gasteiger partial charge is 0.379 e. The van der Waals surface area contributed by atoms with Crippen LogP contribution in [0, 0.1) is 17.2 Å². The van der Waals surface area contributed by atoms with Gasteiger partial charge in [-0.25, -0.2) is 4.98 Å². The van der Waals surface area contributed by atoms with Crippen LogP contribution in [0.3, 0.4) is 0 Å². The summed E-state index contributed by atoms with van der Waals surface area (Å²) in [5.74, 6) is 1.60. The van der Waals surface area contributed by atoms with Crippen LogP contribution in [0.15, 0.2) is 30.3 Å². The van der Waals surface area contributed by atoms with Gasteiger partial charge in [0.1, 0.15) is 5.82 Å². The number of aromatic nitrogens is 1. The fourth-order valence-electron chi connectivity index (χ4n) is 3.99. The Labute approximate surface area is 148 Å². The molecular weight excluding hydrogens is 312 g/mol. The molecule has 1 aromatic carbocycles. The van der Waals surface area contributed by atoms with Gasteiger partial charge in [0.2, 0.25) is 0 Å². The topological polar surface area (TPSA) is 52.4 Å². The molecule has 4 rings (SSSR count). The molecule has 25 heavy (non-hydrogen) atoms. The third kappa shape index (κ3) is 3.60. The first-order chi connectivity index (χ1) is 12.3. The van der Waals surface area contributed by atoms with Gasteiger partial charge in [-0.05, 0) is 30.9 Å². The van der Waals surface area contributed by atoms with Crippen LogP contribution in [0.4, 0.5) is 5.82 Å². The number of anilines is 1. The van der Waals surface area contributed by atoms with Crippen molar-refractivity contribution in [3.8, 4) is 6.07 Å². The van der Waals surface area contributed by atoms with Gasteiger partial charge in [0, 0.05) is 38.1 Å². The van der Waals surface area contributed by atoms with Crippen molar-refractivity contribution < 1.29 is 4.74 Å². The number of nitrogens with zero attached hydrogens (tertiary/aromatic N) is 4. The minimum atomic E-state index is 0.658. The molecular formula is C20H24N4O. The van der Waals surface area contributed by atoms with Crippen molar-refractivity contribution in [3.05, 3.63) is 35.9 Å². The van der Waals surface area contributed by atoms with Crippen LogP contribution in [-0.4, -0.2) is 55.8 Å². The third-order valence-corrected chi connectivity index (χ3v) is 5.29. The lowest BCUT2D eigenvalue weighted by molar-refractivity contribution is 0.0296. The average Bonchev–Trinajstić information content (AvgIpc) is 2.68. The van der Waals surface area contributed by atoms with Crippen molar-refractivity contribution >= 4 is 16.7 Å². The highest BCUT2D eigenvalue weighted by Gasteiger charge is 2.24. The molecule has 0 spiro atoms. The van der Waals surface area contributed by atoms with E-state index in [1.165, 1.54) is 12.8 Å². The van der Waals surface area contributed by atoms with Crippen molar-refractivity contribution in [2.45, 2.75) is 12.8 Å². The van der Waals surface area contributed by atoms with E-state index in [4.69, 9.17) is 9.72 Å². The van der Waals surface area contributed by atoms with Gasteiger partial charge in [-0.15, -0.1) is 0 Å². The molecule has 3 heterocycles. The number of nitriles is 1. The maximum absolute atomic E-state index is 9.51. The van der Waals surface area contributed by atoms with Gasteiger partial charge in [-0.1, -0.05) is 18.2 Å². The molecule has 1 atom stereocenters. The van der Waals surface area contributed by atoms with Crippen LogP contribution < -0.4 is 4.90 Å². The molecule has 2 aliphatic heterocycles. The van der Waals surface area contributed by atoms with E-state index in [0.29, 0.717) is 5.92 Å². The van der Waals surface area contributed by atoms with Crippen molar-refractivity contribution in [3.63, 3.8) is 0 Å². The first-order valence-electron chi connectivity index (χ1n) is 9.18. The van der Waals surface area contributed by atoms with Gasteiger partial charge in [0.25, 0.3) is 0 Å². The fourth-order valence-corrected chi connectivity index (χ4v) is 3.99. The molecule has 0 unspecified atom stereocenters. The first-order valence-corrected chi connectivity index (χ1v) is 9.18. The van der Waals surface area contributed by atoms with Crippen LogP contribution >= 0.6 is 0 Å². The number of rotatable bonds is 3. The smallest absolute Gasteiger partial charge is 0.130 e. The summed E-state index contributed by atoms with van der Waals surface area (Å²) in [4.78, 5) is 9.71. The molecule has 130 valence electrons. The second-order valence-electron chi connectivity index (χ2n) is 7.02. The number of para-hydroxylation sites is 1. The van der Waals surface area contributed by atoms with Crippen LogP contribution in [0.1, 0.15) is 18.4 Å². The van der Waals surface area contributed by atoms with Gasteiger partial charge in [-0.3, -0.25) is 4.90 Å². The highest BCUT2D eigenvalue weighted by molar-refractivity contribution is 5.86. The van der Waals surface area contributed by atoms with Gasteiger partial charge < -0.3 is 9.64 Å². The monoisotopic (exact) mass is 336 g/mol. The van der Waals surface area contributed by atoms with Crippen molar-refractivity contribution in [2.24, 2.45) is 5.92 Å². The Hall–Kier alpha value is -2.16. The molecule has 5 nitrogen and oxygen atoms in total. The maximum atomic E-state index is 9.51. The Morgan fingerprint density at radius 2 is 2.04 bits per heavy atom. The van der Waals surface area contributed by atoms with Gasteiger partial charge in [-0.2, -0.15) is 5.26 Å². The molecule has 0 N–H and O–H groups in total. The van der Waals surface area contributed by atoms with Crippen molar-refractivity contribution in [2.75, 3.05) is 50.8 Å². The Morgan fingerprint density at radius 1 is 1.20 bits per heavy atom. The summed E-state index contributed by atoms with van der Waals surface area (Å²) >= 11 is 0. The number of ether oxygens (including phenoxy) is 1. The van der Waals surface area contributed by atoms with E-state index in [1.807, 2.05) is 30.3 Å². The zero-order valence-corrected chi connectivity index (χ0v) is 14.5. The molecule has 2 saturated heterocycles. The second-order valence-corrected chi connectivity index (χ2v) is 7.02. The minimum Gasteiger partial charge on any atom is -0.379 e. The Bertz CT molecular complexity index is 779. The summed E-state index contributed by atoms with van der Waals surface area (Å²) in [6.07, 6.45) is 2.46. The lowest BCUT2D eigenvalue weighted by Crippen LogP contribution is -2.44. The normalized spacial score (nSPS) is 22.0. The lowest BCUT2D eigenvalue weighted by Gasteiger charge is -2.37. The molecule has 1 aromatic heterocycles. The van der Waals surface area contributed by atoms with E-state index in [1.54, 1.807) is 0 Å². The number of pyridine rings is 1. The van der Waals surface area contributed by atoms with E-state index in [0.717, 1.165) is 68.2 Å². The highest BCUT2D eigenvalue weighted by Crippen LogP contribution is 2.27. The summed E-state index contributed by atoms with van der Waals surface area (Å²) in [6.45, 7) is 6.98. The van der Waals surface area contributed by atoms with Crippen LogP contribution in [0.2, 0.25) is 0 Å². The van der Waals surface area contributed by atoms with Gasteiger partial charge in [0.05, 0.1) is 30.4 Å². The van der Waals surface area contributed by atoms with Gasteiger partial charge in [0.15, 0.2) is 0 Å². The Balaban J connectivity index is 1.52. The molecule has 5 heteroatoms. The molecule has 0 amide bonds. The van der Waals surface area contributed by atoms with Gasteiger partial charge >= 0.3 is 0 Å². The van der Waals surface area contributed by atoms with Crippen LogP contribution in [0.25, 0.3) is 10.9 Å². The van der Waals surface area contributed by atoms with Crippen LogP contribution in [0.5, 0.6) is 0 Å². The summed E-state index contributed by atoms with van der Waals surface area (Å²) in [7, 11) is 0. The molecule has 0 radical (unpaired) electrons. The Morgan fingerprint density at radius 3 is 2.88 bits per heavy atom. The predicted octanol–water partition coefficient (Wildman–Crippen LogP) is 2.66. The quantitative estimate of drug-likeness (QED) is 0.862. The number of hydrogen-bond acceptors (Lipinski definition) is 5. The van der Waals surface area contributed by atoms with Crippen molar-refractivity contribution in [1.29, 1.82) is 5.26 Å². The molecule has 0 saturated carbocycles. The zero-order chi connectivity index (χ0) is 17.1. The Kier molecular flexibility index (Phi) is 4.82. The van der Waals surface area contributed by atoms with Crippen LogP contribution in [-0.2, 0) is 4.74 Å². The van der Waals surface area contributed by atoms with E-state index < -0.39 is 0 Å². The second kappa shape index (κ2) is 7.38. The fraction of sp³-hybridized carbons (Fsp3) is 0.500. The first kappa shape index (κ1) is 16.3. The lowest BCUT2D eigenvalue weighted by atomic mass is 9.97. The standard InChI is InChI=1S/C20H24N4O/c21-13-17-12-20(22-19-6-2-1-5-18(17)19)24-7-3-4-16(15-24)14-23-8-10-25-11-9-23/h1-2,5-6,12,16H,3-4,7-11,14-15H2/t16-/m0/s1. The summed E-state index contributed by atoms with van der Waals surface area (Å²) in [5.41, 5.74) is 1.63. The predicted molar refractivity (Wildman–Crippen MR) is 98.7 cm³/mol. The number of benzene rings is 1. The van der Waals surface area contributed by atoms with E-state index in [-0.39, 0.29) is 0 Å². The number of piperidine rings is 1. The minimum absolute atomic E-state index is 0.658. The average molecular weight is 336 g/mol. The third-order valence-electron chi connectivity index (χ3n) is 5.29. The number of fused-ring (bicyclic) bond motifs is 1. The molecule has 2 aliphatic rings. The number of hydrogen-bond donors (Lipinski definition) is 0. The summed E-state index contributed by atoms with van der Waals surface area (Å²) < 4.78 is 5.45. The number of morpholine rings is 1. The van der Waals surface area contributed by atoms with E-state index >= 15 is 0 Å². The summed E-state index contributed by atoms with van der Waals surface area (Å²) in [6, 6.07) is 12.2. The van der Waals surface area contributed by atoms with E-state index in [2.05, 4.69) is 15.9 Å². The van der Waals surface area contributed by atoms with E-state index in [9.17, 15) is 5.26 Å². The summed E-state index contributed by atoms with van der Waals surface area (Å²) in [5, 5.41) is 10.5. The molecule has 0 bridgehead atoms. The molecule has 2 fully saturated rings. The van der Waals surface area contributed by atoms with Crippen molar-refractivity contribution in [1.82, 2.24) is 9.88 Å². The maximum Gasteiger partial charge on any atom is 0.130 e. The SMILES string of the molecule is N#Cc1cc(N2CCC[C@@H](CN3CCOCC3)C2)nc2ccccc12. The highest BCUT2D eigenvalue weighted by atomic mass is 16.5.